The summed E-state index contributed by atoms with van der Waals surface area (Å²) in [5, 5.41) is 10.5. The summed E-state index contributed by atoms with van der Waals surface area (Å²) < 4.78 is 5.19. The summed E-state index contributed by atoms with van der Waals surface area (Å²) in [4.78, 5) is 8.01. The first-order chi connectivity index (χ1) is 9.17. The van der Waals surface area contributed by atoms with Crippen molar-refractivity contribution in [1.82, 2.24) is 4.98 Å². The van der Waals surface area contributed by atoms with Crippen LogP contribution in [-0.4, -0.2) is 36.4 Å². The van der Waals surface area contributed by atoms with Crippen molar-refractivity contribution < 1.29 is 9.84 Å². The Morgan fingerprint density at radius 1 is 1.42 bits per heavy atom. The second-order valence-electron chi connectivity index (χ2n) is 4.72. The molecule has 1 aromatic heterocycles. The summed E-state index contributed by atoms with van der Waals surface area (Å²) in [6, 6.07) is 0.433. The summed E-state index contributed by atoms with van der Waals surface area (Å²) in [6.07, 6.45) is 3.06. The molecule has 0 fully saturated rings. The molecule has 110 valence electrons. The summed E-state index contributed by atoms with van der Waals surface area (Å²) >= 11 is 1.61. The molecule has 0 aliphatic carbocycles. The van der Waals surface area contributed by atoms with E-state index in [0.29, 0.717) is 12.6 Å². The standard InChI is InChI=1S/C14H26N2O2S/c1-5-7-12-13(10-17)19-14(15-12)16(8-9-18-4)11(3)6-2/h11,17H,5-10H2,1-4H3. The van der Waals surface area contributed by atoms with Gasteiger partial charge in [0, 0.05) is 19.7 Å². The van der Waals surface area contributed by atoms with E-state index in [1.54, 1.807) is 18.4 Å². The lowest BCUT2D eigenvalue weighted by Crippen LogP contribution is -2.35. The highest BCUT2D eigenvalue weighted by atomic mass is 32.1. The Balaban J connectivity index is 2.94. The third-order valence-electron chi connectivity index (χ3n) is 3.30. The second kappa shape index (κ2) is 8.51. The van der Waals surface area contributed by atoms with Crippen molar-refractivity contribution >= 4 is 16.5 Å². The number of aliphatic hydroxyl groups is 1. The lowest BCUT2D eigenvalue weighted by molar-refractivity contribution is 0.203. The molecule has 0 saturated carbocycles. The molecule has 0 aliphatic rings. The van der Waals surface area contributed by atoms with Crippen molar-refractivity contribution in [3.8, 4) is 0 Å². The van der Waals surface area contributed by atoms with Crippen molar-refractivity contribution in [3.63, 3.8) is 0 Å². The van der Waals surface area contributed by atoms with Crippen LogP contribution in [0.4, 0.5) is 5.13 Å². The Kier molecular flexibility index (Phi) is 7.34. The van der Waals surface area contributed by atoms with Gasteiger partial charge in [0.25, 0.3) is 0 Å². The summed E-state index contributed by atoms with van der Waals surface area (Å²) in [7, 11) is 1.72. The highest BCUT2D eigenvalue weighted by Gasteiger charge is 2.19. The minimum atomic E-state index is 0.0889. The van der Waals surface area contributed by atoms with Gasteiger partial charge in [-0.2, -0.15) is 0 Å². The number of hydrogen-bond donors (Lipinski definition) is 1. The first kappa shape index (κ1) is 16.4. The average Bonchev–Trinajstić information content (AvgIpc) is 2.82. The molecule has 19 heavy (non-hydrogen) atoms. The van der Waals surface area contributed by atoms with Crippen molar-refractivity contribution in [2.45, 2.75) is 52.7 Å². The van der Waals surface area contributed by atoms with Gasteiger partial charge in [-0.15, -0.1) is 0 Å². The van der Waals surface area contributed by atoms with Crippen LogP contribution >= 0.6 is 11.3 Å². The van der Waals surface area contributed by atoms with Gasteiger partial charge in [0.2, 0.25) is 0 Å². The number of aryl methyl sites for hydroxylation is 1. The van der Waals surface area contributed by atoms with E-state index in [2.05, 4.69) is 25.7 Å². The van der Waals surface area contributed by atoms with Crippen molar-refractivity contribution in [3.05, 3.63) is 10.6 Å². The zero-order valence-corrected chi connectivity index (χ0v) is 13.3. The highest BCUT2D eigenvalue weighted by molar-refractivity contribution is 7.15. The Morgan fingerprint density at radius 3 is 2.68 bits per heavy atom. The van der Waals surface area contributed by atoms with Crippen LogP contribution in [0.1, 0.15) is 44.2 Å². The molecule has 0 spiro atoms. The van der Waals surface area contributed by atoms with Gasteiger partial charge in [-0.25, -0.2) is 4.98 Å². The number of aromatic nitrogens is 1. The lowest BCUT2D eigenvalue weighted by Gasteiger charge is -2.27. The van der Waals surface area contributed by atoms with E-state index in [4.69, 9.17) is 9.72 Å². The van der Waals surface area contributed by atoms with Gasteiger partial charge in [0.05, 0.1) is 23.8 Å². The van der Waals surface area contributed by atoms with Gasteiger partial charge >= 0.3 is 0 Å². The van der Waals surface area contributed by atoms with E-state index in [0.717, 1.165) is 41.5 Å². The van der Waals surface area contributed by atoms with Crippen LogP contribution in [-0.2, 0) is 17.8 Å². The summed E-state index contributed by atoms with van der Waals surface area (Å²) in [5.41, 5.74) is 1.05. The molecule has 0 aromatic carbocycles. The smallest absolute Gasteiger partial charge is 0.186 e. The minimum absolute atomic E-state index is 0.0889. The number of ether oxygens (including phenoxy) is 1. The zero-order chi connectivity index (χ0) is 14.3. The molecule has 5 heteroatoms. The summed E-state index contributed by atoms with van der Waals surface area (Å²) in [6.45, 7) is 8.15. The van der Waals surface area contributed by atoms with Gasteiger partial charge < -0.3 is 14.7 Å². The molecule has 1 rings (SSSR count). The molecule has 4 nitrogen and oxygen atoms in total. The minimum Gasteiger partial charge on any atom is -0.391 e. The molecule has 1 N–H and O–H groups in total. The maximum absolute atomic E-state index is 9.44. The quantitative estimate of drug-likeness (QED) is 0.758. The topological polar surface area (TPSA) is 45.6 Å². The fourth-order valence-corrected chi connectivity index (χ4v) is 3.06. The SMILES string of the molecule is CCCc1nc(N(CCOC)C(C)CC)sc1CO. The van der Waals surface area contributed by atoms with Crippen molar-refractivity contribution in [1.29, 1.82) is 0 Å². The molecule has 1 atom stereocenters. The lowest BCUT2D eigenvalue weighted by atomic mass is 10.2. The van der Waals surface area contributed by atoms with E-state index in [-0.39, 0.29) is 6.61 Å². The number of anilines is 1. The van der Waals surface area contributed by atoms with Gasteiger partial charge in [-0.1, -0.05) is 31.6 Å². The van der Waals surface area contributed by atoms with Crippen LogP contribution < -0.4 is 4.90 Å². The normalized spacial score (nSPS) is 12.7. The summed E-state index contributed by atoms with van der Waals surface area (Å²) in [5.74, 6) is 0. The number of hydrogen-bond acceptors (Lipinski definition) is 5. The highest BCUT2D eigenvalue weighted by Crippen LogP contribution is 2.29. The van der Waals surface area contributed by atoms with Crippen LogP contribution in [0.15, 0.2) is 0 Å². The van der Waals surface area contributed by atoms with Crippen LogP contribution in [0.3, 0.4) is 0 Å². The Morgan fingerprint density at radius 2 is 2.16 bits per heavy atom. The number of aliphatic hydroxyl groups excluding tert-OH is 1. The maximum Gasteiger partial charge on any atom is 0.186 e. The Labute approximate surface area is 120 Å². The first-order valence-electron chi connectivity index (χ1n) is 7.02. The molecule has 0 radical (unpaired) electrons. The van der Waals surface area contributed by atoms with Crippen LogP contribution in [0, 0.1) is 0 Å². The molecule has 0 aliphatic heterocycles. The number of rotatable bonds is 9. The molecule has 0 bridgehead atoms. The fourth-order valence-electron chi connectivity index (χ4n) is 1.96. The molecule has 1 unspecified atom stereocenters. The molecule has 1 heterocycles. The number of methoxy groups -OCH3 is 1. The third kappa shape index (κ3) is 4.44. The Bertz CT molecular complexity index is 368. The van der Waals surface area contributed by atoms with Crippen LogP contribution in [0.2, 0.25) is 0 Å². The van der Waals surface area contributed by atoms with Crippen molar-refractivity contribution in [2.24, 2.45) is 0 Å². The number of nitrogens with zero attached hydrogens (tertiary/aromatic N) is 2. The molecule has 1 aromatic rings. The van der Waals surface area contributed by atoms with Gasteiger partial charge in [0.15, 0.2) is 5.13 Å². The third-order valence-corrected chi connectivity index (χ3v) is 4.42. The van der Waals surface area contributed by atoms with Gasteiger partial charge in [-0.05, 0) is 19.8 Å². The molecule has 0 saturated heterocycles. The first-order valence-corrected chi connectivity index (χ1v) is 7.84. The van der Waals surface area contributed by atoms with E-state index >= 15 is 0 Å². The van der Waals surface area contributed by atoms with Crippen LogP contribution in [0.5, 0.6) is 0 Å². The predicted molar refractivity (Wildman–Crippen MR) is 81.0 cm³/mol. The van der Waals surface area contributed by atoms with E-state index < -0.39 is 0 Å². The second-order valence-corrected chi connectivity index (χ2v) is 5.78. The average molecular weight is 286 g/mol. The van der Waals surface area contributed by atoms with Crippen molar-refractivity contribution in [2.75, 3.05) is 25.2 Å². The van der Waals surface area contributed by atoms with Gasteiger partial charge in [0.1, 0.15) is 0 Å². The van der Waals surface area contributed by atoms with E-state index in [1.165, 1.54) is 0 Å². The monoisotopic (exact) mass is 286 g/mol. The zero-order valence-electron chi connectivity index (χ0n) is 12.5. The number of thiazole rings is 1. The Hall–Kier alpha value is -0.650. The predicted octanol–water partition coefficient (Wildman–Crippen LogP) is 2.84. The van der Waals surface area contributed by atoms with E-state index in [9.17, 15) is 5.11 Å². The molecular weight excluding hydrogens is 260 g/mol. The maximum atomic E-state index is 9.44. The molecule has 0 amide bonds. The van der Waals surface area contributed by atoms with Gasteiger partial charge in [-0.3, -0.25) is 0 Å². The largest absolute Gasteiger partial charge is 0.391 e. The van der Waals surface area contributed by atoms with Crippen LogP contribution in [0.25, 0.3) is 0 Å². The fraction of sp³-hybridized carbons (Fsp3) is 0.786. The van der Waals surface area contributed by atoms with E-state index in [1.807, 2.05) is 0 Å². The molecular formula is C14H26N2O2S.